The van der Waals surface area contributed by atoms with Crippen LogP contribution in [-0.2, 0) is 6.42 Å². The van der Waals surface area contributed by atoms with Crippen LogP contribution in [0.1, 0.15) is 37.7 Å². The second-order valence-electron chi connectivity index (χ2n) is 6.09. The lowest BCUT2D eigenvalue weighted by Crippen LogP contribution is -2.35. The highest BCUT2D eigenvalue weighted by molar-refractivity contribution is 5.55. The van der Waals surface area contributed by atoms with E-state index >= 15 is 0 Å². The van der Waals surface area contributed by atoms with E-state index < -0.39 is 0 Å². The van der Waals surface area contributed by atoms with Crippen LogP contribution in [0.3, 0.4) is 0 Å². The fraction of sp³-hybridized carbons (Fsp3) is 0.647. The van der Waals surface area contributed by atoms with E-state index in [4.69, 9.17) is 0 Å². The van der Waals surface area contributed by atoms with Crippen molar-refractivity contribution in [3.05, 3.63) is 29.8 Å². The molecule has 0 aromatic heterocycles. The SMILES string of the molecule is CNC1CCCC1CCN1CCCc2ccccc21. The van der Waals surface area contributed by atoms with E-state index in [1.807, 2.05) is 0 Å². The number of para-hydroxylation sites is 1. The normalized spacial score (nSPS) is 26.5. The Morgan fingerprint density at radius 3 is 3.00 bits per heavy atom. The predicted molar refractivity (Wildman–Crippen MR) is 81.8 cm³/mol. The molecule has 2 aliphatic rings. The van der Waals surface area contributed by atoms with Gasteiger partial charge in [-0.1, -0.05) is 24.6 Å². The van der Waals surface area contributed by atoms with Crippen LogP contribution in [0.15, 0.2) is 24.3 Å². The Hall–Kier alpha value is -1.02. The Morgan fingerprint density at radius 1 is 1.21 bits per heavy atom. The lowest BCUT2D eigenvalue weighted by atomic mass is 9.97. The first kappa shape index (κ1) is 13.0. The smallest absolute Gasteiger partial charge is 0.0398 e. The largest absolute Gasteiger partial charge is 0.371 e. The molecule has 1 aromatic rings. The molecule has 2 atom stereocenters. The highest BCUT2D eigenvalue weighted by Crippen LogP contribution is 2.31. The molecule has 1 aromatic carbocycles. The minimum Gasteiger partial charge on any atom is -0.371 e. The summed E-state index contributed by atoms with van der Waals surface area (Å²) in [5.41, 5.74) is 3.04. The monoisotopic (exact) mass is 258 g/mol. The van der Waals surface area contributed by atoms with Gasteiger partial charge in [0.15, 0.2) is 0 Å². The summed E-state index contributed by atoms with van der Waals surface area (Å²) in [5, 5.41) is 3.50. The van der Waals surface area contributed by atoms with Crippen LogP contribution in [0.5, 0.6) is 0 Å². The van der Waals surface area contributed by atoms with Gasteiger partial charge in [-0.2, -0.15) is 0 Å². The lowest BCUT2D eigenvalue weighted by Gasteiger charge is -2.32. The first-order valence-corrected chi connectivity index (χ1v) is 7.88. The van der Waals surface area contributed by atoms with Gasteiger partial charge in [0.1, 0.15) is 0 Å². The van der Waals surface area contributed by atoms with Gasteiger partial charge in [0.25, 0.3) is 0 Å². The fourth-order valence-corrected chi connectivity index (χ4v) is 3.93. The number of benzene rings is 1. The van der Waals surface area contributed by atoms with Crippen molar-refractivity contribution in [1.29, 1.82) is 0 Å². The fourth-order valence-electron chi connectivity index (χ4n) is 3.93. The van der Waals surface area contributed by atoms with E-state index in [1.54, 1.807) is 5.56 Å². The summed E-state index contributed by atoms with van der Waals surface area (Å²) in [6.07, 6.45) is 8.12. The van der Waals surface area contributed by atoms with Gasteiger partial charge in [-0.15, -0.1) is 0 Å². The topological polar surface area (TPSA) is 15.3 Å². The van der Waals surface area contributed by atoms with Crippen LogP contribution in [-0.4, -0.2) is 26.2 Å². The molecule has 1 aliphatic carbocycles. The summed E-state index contributed by atoms with van der Waals surface area (Å²) < 4.78 is 0. The highest BCUT2D eigenvalue weighted by Gasteiger charge is 2.26. The van der Waals surface area contributed by atoms with Gasteiger partial charge >= 0.3 is 0 Å². The molecule has 1 saturated carbocycles. The number of fused-ring (bicyclic) bond motifs is 1. The highest BCUT2D eigenvalue weighted by atomic mass is 15.1. The number of aryl methyl sites for hydroxylation is 1. The first-order valence-electron chi connectivity index (χ1n) is 7.88. The number of hydrogen-bond donors (Lipinski definition) is 1. The Morgan fingerprint density at radius 2 is 2.11 bits per heavy atom. The van der Waals surface area contributed by atoms with Crippen molar-refractivity contribution in [1.82, 2.24) is 5.32 Å². The zero-order valence-corrected chi connectivity index (χ0v) is 12.1. The third-order valence-corrected chi connectivity index (χ3v) is 5.01. The zero-order chi connectivity index (χ0) is 13.1. The van der Waals surface area contributed by atoms with Crippen molar-refractivity contribution in [2.24, 2.45) is 5.92 Å². The third kappa shape index (κ3) is 2.79. The summed E-state index contributed by atoms with van der Waals surface area (Å²) in [4.78, 5) is 2.61. The number of nitrogens with zero attached hydrogens (tertiary/aromatic N) is 1. The zero-order valence-electron chi connectivity index (χ0n) is 12.1. The summed E-state index contributed by atoms with van der Waals surface area (Å²) in [7, 11) is 2.12. The number of anilines is 1. The van der Waals surface area contributed by atoms with E-state index in [2.05, 4.69) is 41.5 Å². The van der Waals surface area contributed by atoms with Crippen LogP contribution in [0.25, 0.3) is 0 Å². The second kappa shape index (κ2) is 5.96. The summed E-state index contributed by atoms with van der Waals surface area (Å²) in [5.74, 6) is 0.888. The predicted octanol–water partition coefficient (Wildman–Crippen LogP) is 3.22. The minimum atomic E-state index is 0.764. The number of nitrogens with one attached hydrogen (secondary N) is 1. The van der Waals surface area contributed by atoms with Crippen molar-refractivity contribution in [3.63, 3.8) is 0 Å². The molecular formula is C17H26N2. The summed E-state index contributed by atoms with van der Waals surface area (Å²) >= 11 is 0. The van der Waals surface area contributed by atoms with Gasteiger partial charge in [-0.05, 0) is 56.7 Å². The maximum absolute atomic E-state index is 3.50. The van der Waals surface area contributed by atoms with E-state index in [9.17, 15) is 0 Å². The van der Waals surface area contributed by atoms with Crippen LogP contribution in [0, 0.1) is 5.92 Å². The van der Waals surface area contributed by atoms with E-state index in [1.165, 1.54) is 57.3 Å². The van der Waals surface area contributed by atoms with Crippen LogP contribution >= 0.6 is 0 Å². The van der Waals surface area contributed by atoms with Crippen molar-refractivity contribution >= 4 is 5.69 Å². The van der Waals surface area contributed by atoms with Gasteiger partial charge in [0.2, 0.25) is 0 Å². The minimum absolute atomic E-state index is 0.764. The van der Waals surface area contributed by atoms with Gasteiger partial charge in [-0.25, -0.2) is 0 Å². The van der Waals surface area contributed by atoms with E-state index in [0.717, 1.165) is 12.0 Å². The molecule has 0 amide bonds. The maximum atomic E-state index is 3.50. The van der Waals surface area contributed by atoms with Gasteiger partial charge < -0.3 is 10.2 Å². The molecule has 2 nitrogen and oxygen atoms in total. The molecule has 1 heterocycles. The molecule has 104 valence electrons. The number of hydrogen-bond acceptors (Lipinski definition) is 2. The van der Waals surface area contributed by atoms with Crippen molar-refractivity contribution in [3.8, 4) is 0 Å². The average molecular weight is 258 g/mol. The Balaban J connectivity index is 1.62. The Kier molecular flexibility index (Phi) is 4.07. The molecule has 3 rings (SSSR count). The molecule has 0 spiro atoms. The molecule has 0 saturated heterocycles. The van der Waals surface area contributed by atoms with Crippen molar-refractivity contribution in [2.75, 3.05) is 25.0 Å². The molecule has 1 aliphatic heterocycles. The molecule has 2 heteroatoms. The molecule has 0 radical (unpaired) electrons. The van der Waals surface area contributed by atoms with Crippen LogP contribution in [0.4, 0.5) is 5.69 Å². The van der Waals surface area contributed by atoms with Gasteiger partial charge in [0.05, 0.1) is 0 Å². The standard InChI is InChI=1S/C17H26N2/c1-18-16-9-4-7-14(16)11-13-19-12-5-8-15-6-2-3-10-17(15)19/h2-3,6,10,14,16,18H,4-5,7-9,11-13H2,1H3. The number of rotatable bonds is 4. The van der Waals surface area contributed by atoms with Crippen molar-refractivity contribution < 1.29 is 0 Å². The maximum Gasteiger partial charge on any atom is 0.0398 e. The van der Waals surface area contributed by atoms with Gasteiger partial charge in [-0.3, -0.25) is 0 Å². The van der Waals surface area contributed by atoms with Crippen molar-refractivity contribution in [2.45, 2.75) is 44.6 Å². The molecular weight excluding hydrogens is 232 g/mol. The Bertz CT molecular complexity index is 415. The lowest BCUT2D eigenvalue weighted by molar-refractivity contribution is 0.399. The van der Waals surface area contributed by atoms with Gasteiger partial charge in [0, 0.05) is 24.8 Å². The molecule has 1 fully saturated rings. The molecule has 0 bridgehead atoms. The summed E-state index contributed by atoms with van der Waals surface area (Å²) in [6, 6.07) is 9.73. The van der Waals surface area contributed by atoms with E-state index in [0.29, 0.717) is 0 Å². The summed E-state index contributed by atoms with van der Waals surface area (Å²) in [6.45, 7) is 2.48. The average Bonchev–Trinajstić information content (AvgIpc) is 2.92. The third-order valence-electron chi connectivity index (χ3n) is 5.01. The second-order valence-corrected chi connectivity index (χ2v) is 6.09. The van der Waals surface area contributed by atoms with Crippen LogP contribution in [0.2, 0.25) is 0 Å². The Labute approximate surface area is 117 Å². The molecule has 2 unspecified atom stereocenters. The van der Waals surface area contributed by atoms with Crippen LogP contribution < -0.4 is 10.2 Å². The molecule has 19 heavy (non-hydrogen) atoms. The first-order chi connectivity index (χ1) is 9.38. The quantitative estimate of drug-likeness (QED) is 0.892. The van der Waals surface area contributed by atoms with E-state index in [-0.39, 0.29) is 0 Å². The molecule has 1 N–H and O–H groups in total.